The lowest BCUT2D eigenvalue weighted by Gasteiger charge is -2.25. The molecule has 0 bridgehead atoms. The van der Waals surface area contributed by atoms with E-state index in [1.165, 1.54) is 4.88 Å². The monoisotopic (exact) mass is 296 g/mol. The number of halogens is 1. The van der Waals surface area contributed by atoms with E-state index in [2.05, 4.69) is 63.4 Å². The molecule has 1 atom stereocenters. The Morgan fingerprint density at radius 3 is 2.88 bits per heavy atom. The zero-order valence-corrected chi connectivity index (χ0v) is 11.6. The lowest BCUT2D eigenvalue weighted by atomic mass is 10.2. The third-order valence-corrected chi connectivity index (χ3v) is 4.11. The fourth-order valence-corrected chi connectivity index (χ4v) is 2.72. The lowest BCUT2D eigenvalue weighted by Crippen LogP contribution is -2.20. The fraction of sp³-hybridized carbons (Fsp3) is 0.250. The summed E-state index contributed by atoms with van der Waals surface area (Å²) < 4.78 is 1.01. The molecule has 0 aliphatic carbocycles. The van der Waals surface area contributed by atoms with Crippen LogP contribution >= 0.6 is 27.3 Å². The standard InChI is InChI=1S/C12H13BrN2S/c1-9(12-4-3-5-16-12)15(2)11-6-10(13)7-14-8-11/h3-9H,1-2H3. The maximum Gasteiger partial charge on any atom is 0.0604 e. The highest BCUT2D eigenvalue weighted by atomic mass is 79.9. The first-order chi connectivity index (χ1) is 7.68. The summed E-state index contributed by atoms with van der Waals surface area (Å²) in [5, 5.41) is 2.11. The summed E-state index contributed by atoms with van der Waals surface area (Å²) in [6.07, 6.45) is 3.68. The molecule has 2 nitrogen and oxygen atoms in total. The van der Waals surface area contributed by atoms with Crippen LogP contribution in [0, 0.1) is 0 Å². The molecule has 0 amide bonds. The molecule has 4 heteroatoms. The molecule has 2 rings (SSSR count). The minimum Gasteiger partial charge on any atom is -0.366 e. The first kappa shape index (κ1) is 11.6. The summed E-state index contributed by atoms with van der Waals surface area (Å²) in [5.41, 5.74) is 1.12. The zero-order chi connectivity index (χ0) is 11.5. The smallest absolute Gasteiger partial charge is 0.0604 e. The van der Waals surface area contributed by atoms with Gasteiger partial charge in [0.25, 0.3) is 0 Å². The van der Waals surface area contributed by atoms with E-state index in [1.54, 1.807) is 17.5 Å². The third-order valence-electron chi connectivity index (χ3n) is 2.63. The van der Waals surface area contributed by atoms with Gasteiger partial charge in [0, 0.05) is 22.6 Å². The molecule has 0 saturated carbocycles. The first-order valence-electron chi connectivity index (χ1n) is 5.05. The van der Waals surface area contributed by atoms with Gasteiger partial charge >= 0.3 is 0 Å². The number of aromatic nitrogens is 1. The molecule has 0 spiro atoms. The van der Waals surface area contributed by atoms with Gasteiger partial charge in [-0.05, 0) is 40.4 Å². The second kappa shape index (κ2) is 4.97. The molecule has 2 aromatic heterocycles. The number of thiophene rings is 1. The topological polar surface area (TPSA) is 16.1 Å². The molecule has 2 heterocycles. The second-order valence-electron chi connectivity index (χ2n) is 3.66. The molecule has 0 fully saturated rings. The van der Waals surface area contributed by atoms with Crippen molar-refractivity contribution in [3.8, 4) is 0 Å². The van der Waals surface area contributed by atoms with Crippen molar-refractivity contribution in [3.63, 3.8) is 0 Å². The van der Waals surface area contributed by atoms with Crippen LogP contribution < -0.4 is 4.90 Å². The Hall–Kier alpha value is -0.870. The zero-order valence-electron chi connectivity index (χ0n) is 9.22. The van der Waals surface area contributed by atoms with Crippen LogP contribution in [0.15, 0.2) is 40.4 Å². The largest absolute Gasteiger partial charge is 0.366 e. The molecular formula is C12H13BrN2S. The van der Waals surface area contributed by atoms with Gasteiger partial charge in [-0.3, -0.25) is 4.98 Å². The summed E-state index contributed by atoms with van der Waals surface area (Å²) >= 11 is 5.23. The molecule has 0 aromatic carbocycles. The highest BCUT2D eigenvalue weighted by molar-refractivity contribution is 9.10. The molecule has 0 N–H and O–H groups in total. The summed E-state index contributed by atoms with van der Waals surface area (Å²) in [5.74, 6) is 0. The predicted molar refractivity (Wildman–Crippen MR) is 73.1 cm³/mol. The SMILES string of the molecule is CC(c1cccs1)N(C)c1cncc(Br)c1. The number of pyridine rings is 1. The Labute approximate surface area is 108 Å². The number of anilines is 1. The van der Waals surface area contributed by atoms with Gasteiger partial charge in [-0.15, -0.1) is 11.3 Å². The van der Waals surface area contributed by atoms with Crippen LogP contribution in [-0.2, 0) is 0 Å². The van der Waals surface area contributed by atoms with Crippen molar-refractivity contribution in [2.75, 3.05) is 11.9 Å². The third kappa shape index (κ3) is 2.44. The molecule has 0 aliphatic heterocycles. The van der Waals surface area contributed by atoms with E-state index in [-0.39, 0.29) is 0 Å². The Balaban J connectivity index is 2.22. The summed E-state index contributed by atoms with van der Waals surface area (Å²) in [7, 11) is 2.09. The van der Waals surface area contributed by atoms with E-state index >= 15 is 0 Å². The van der Waals surface area contributed by atoms with Gasteiger partial charge in [0.15, 0.2) is 0 Å². The van der Waals surface area contributed by atoms with Crippen LogP contribution in [0.5, 0.6) is 0 Å². The van der Waals surface area contributed by atoms with Crippen molar-refractivity contribution in [1.29, 1.82) is 0 Å². The highest BCUT2D eigenvalue weighted by Crippen LogP contribution is 2.28. The molecule has 84 valence electrons. The van der Waals surface area contributed by atoms with E-state index in [0.717, 1.165) is 10.2 Å². The number of nitrogens with zero attached hydrogens (tertiary/aromatic N) is 2. The van der Waals surface area contributed by atoms with E-state index in [9.17, 15) is 0 Å². The maximum atomic E-state index is 4.18. The van der Waals surface area contributed by atoms with Crippen molar-refractivity contribution in [2.24, 2.45) is 0 Å². The van der Waals surface area contributed by atoms with Crippen molar-refractivity contribution in [3.05, 3.63) is 45.3 Å². The van der Waals surface area contributed by atoms with Crippen molar-refractivity contribution in [2.45, 2.75) is 13.0 Å². The Bertz CT molecular complexity index is 456. The van der Waals surface area contributed by atoms with Gasteiger partial charge < -0.3 is 4.90 Å². The van der Waals surface area contributed by atoms with Gasteiger partial charge in [-0.1, -0.05) is 6.07 Å². The van der Waals surface area contributed by atoms with Crippen LogP contribution in [0.1, 0.15) is 17.8 Å². The van der Waals surface area contributed by atoms with Crippen molar-refractivity contribution < 1.29 is 0 Å². The highest BCUT2D eigenvalue weighted by Gasteiger charge is 2.13. The van der Waals surface area contributed by atoms with Gasteiger partial charge in [-0.2, -0.15) is 0 Å². The summed E-state index contributed by atoms with van der Waals surface area (Å²) in [6, 6.07) is 6.70. The average Bonchev–Trinajstić information content (AvgIpc) is 2.80. The number of rotatable bonds is 3. The minimum atomic E-state index is 0.371. The predicted octanol–water partition coefficient (Wildman–Crippen LogP) is 4.10. The minimum absolute atomic E-state index is 0.371. The van der Waals surface area contributed by atoms with E-state index in [4.69, 9.17) is 0 Å². The van der Waals surface area contributed by atoms with Gasteiger partial charge in [0.2, 0.25) is 0 Å². The molecular weight excluding hydrogens is 284 g/mol. The number of hydrogen-bond acceptors (Lipinski definition) is 3. The van der Waals surface area contributed by atoms with E-state index in [1.807, 2.05) is 6.20 Å². The van der Waals surface area contributed by atoms with Crippen LogP contribution in [0.4, 0.5) is 5.69 Å². The molecule has 0 radical (unpaired) electrons. The van der Waals surface area contributed by atoms with Crippen molar-refractivity contribution in [1.82, 2.24) is 4.98 Å². The van der Waals surface area contributed by atoms with Gasteiger partial charge in [0.05, 0.1) is 17.9 Å². The summed E-state index contributed by atoms with van der Waals surface area (Å²) in [6.45, 7) is 2.20. The van der Waals surface area contributed by atoms with Crippen LogP contribution in [0.25, 0.3) is 0 Å². The van der Waals surface area contributed by atoms with Gasteiger partial charge in [-0.25, -0.2) is 0 Å². The Morgan fingerprint density at radius 1 is 1.44 bits per heavy atom. The van der Waals surface area contributed by atoms with E-state index in [0.29, 0.717) is 6.04 Å². The molecule has 2 aromatic rings. The molecule has 0 aliphatic rings. The van der Waals surface area contributed by atoms with Crippen LogP contribution in [0.2, 0.25) is 0 Å². The Morgan fingerprint density at radius 2 is 2.25 bits per heavy atom. The Kier molecular flexibility index (Phi) is 3.61. The van der Waals surface area contributed by atoms with Crippen LogP contribution in [-0.4, -0.2) is 12.0 Å². The molecule has 0 saturated heterocycles. The fourth-order valence-electron chi connectivity index (χ4n) is 1.54. The average molecular weight is 297 g/mol. The van der Waals surface area contributed by atoms with Gasteiger partial charge in [0.1, 0.15) is 0 Å². The van der Waals surface area contributed by atoms with Crippen LogP contribution in [0.3, 0.4) is 0 Å². The quantitative estimate of drug-likeness (QED) is 0.848. The summed E-state index contributed by atoms with van der Waals surface area (Å²) in [4.78, 5) is 7.77. The first-order valence-corrected chi connectivity index (χ1v) is 6.72. The molecule has 1 unspecified atom stereocenters. The second-order valence-corrected chi connectivity index (χ2v) is 5.56. The lowest BCUT2D eigenvalue weighted by molar-refractivity contribution is 0.752. The maximum absolute atomic E-state index is 4.18. The molecule has 16 heavy (non-hydrogen) atoms. The van der Waals surface area contributed by atoms with E-state index < -0.39 is 0 Å². The normalized spacial score (nSPS) is 12.4. The van der Waals surface area contributed by atoms with Crippen molar-refractivity contribution >= 4 is 33.0 Å². The number of hydrogen-bond donors (Lipinski definition) is 0.